The minimum Gasteiger partial charge on any atom is -0.481 e. The quantitative estimate of drug-likeness (QED) is 0.0469. The molecule has 0 aromatic carbocycles. The average Bonchev–Trinajstić information content (AvgIpc) is 3.03. The van der Waals surface area contributed by atoms with Crippen LogP contribution < -0.4 is 0 Å². The maximum atomic E-state index is 11.4. The van der Waals surface area contributed by atoms with Crippen molar-refractivity contribution >= 4 is 11.9 Å². The molecule has 1 atom stereocenters. The second-order valence-corrected chi connectivity index (χ2v) is 13.3. The Balaban J connectivity index is 0. The van der Waals surface area contributed by atoms with Gasteiger partial charge < -0.3 is 20.1 Å². The molecule has 1 unspecified atom stereocenters. The van der Waals surface area contributed by atoms with Crippen molar-refractivity contribution in [2.45, 2.75) is 225 Å². The molecule has 6 heteroatoms. The normalized spacial score (nSPS) is 11.6. The smallest absolute Gasteiger partial charge is 0.305 e. The summed E-state index contributed by atoms with van der Waals surface area (Å²) < 4.78 is 4.86. The number of ether oxygens (including phenoxy) is 1. The fourth-order valence-electron chi connectivity index (χ4n) is 5.60. The summed E-state index contributed by atoms with van der Waals surface area (Å²) in [4.78, 5) is 21.7. The zero-order chi connectivity index (χ0) is 33.5. The predicted molar refractivity (Wildman–Crippen MR) is 191 cm³/mol. The predicted octanol–water partition coefficient (Wildman–Crippen LogP) is 11.5. The van der Waals surface area contributed by atoms with Gasteiger partial charge in [-0.15, -0.1) is 0 Å². The van der Waals surface area contributed by atoms with Gasteiger partial charge in [0.2, 0.25) is 0 Å². The standard InChI is InChI=1S/C21H42O4.C18H36O2/c1-2-3-4-5-6-7-8-9-10-11-12-13-14-15-16-17-21(24)25-19-20(23)18-22;1-2-3-4-5-6-7-8-9-10-11-12-13-14-15-16-17-18(19)20/h20,22-23H,2-19H2,1H3;2-17H2,1H3,(H,19,20). The van der Waals surface area contributed by atoms with E-state index in [0.717, 1.165) is 25.7 Å². The Labute approximate surface area is 279 Å². The average molecular weight is 643 g/mol. The van der Waals surface area contributed by atoms with E-state index in [2.05, 4.69) is 13.8 Å². The zero-order valence-electron chi connectivity index (χ0n) is 30.2. The molecule has 0 spiro atoms. The maximum absolute atomic E-state index is 11.4. The third-order valence-electron chi connectivity index (χ3n) is 8.63. The zero-order valence-corrected chi connectivity index (χ0v) is 30.2. The number of hydrogen-bond donors (Lipinski definition) is 3. The Morgan fingerprint density at radius 3 is 1.00 bits per heavy atom. The Hall–Kier alpha value is -1.14. The van der Waals surface area contributed by atoms with Gasteiger partial charge in [0, 0.05) is 12.8 Å². The first-order valence-corrected chi connectivity index (χ1v) is 19.6. The molecule has 45 heavy (non-hydrogen) atoms. The highest BCUT2D eigenvalue weighted by Crippen LogP contribution is 2.15. The molecule has 0 rings (SSSR count). The molecule has 0 radical (unpaired) electrons. The first-order valence-electron chi connectivity index (χ1n) is 19.6. The highest BCUT2D eigenvalue weighted by Gasteiger charge is 2.07. The van der Waals surface area contributed by atoms with Crippen LogP contribution in [0.25, 0.3) is 0 Å². The lowest BCUT2D eigenvalue weighted by atomic mass is 10.0. The summed E-state index contributed by atoms with van der Waals surface area (Å²) in [6.45, 7) is 4.06. The summed E-state index contributed by atoms with van der Waals surface area (Å²) in [5.41, 5.74) is 0. The summed E-state index contributed by atoms with van der Waals surface area (Å²) in [5, 5.41) is 26.2. The molecule has 270 valence electrons. The van der Waals surface area contributed by atoms with E-state index in [1.807, 2.05) is 0 Å². The molecule has 0 aliphatic rings. The van der Waals surface area contributed by atoms with Gasteiger partial charge in [-0.1, -0.05) is 194 Å². The maximum Gasteiger partial charge on any atom is 0.305 e. The summed E-state index contributed by atoms with van der Waals surface area (Å²) in [6.07, 6.45) is 39.2. The summed E-state index contributed by atoms with van der Waals surface area (Å²) in [6, 6.07) is 0. The fraction of sp³-hybridized carbons (Fsp3) is 0.949. The molecule has 0 amide bonds. The summed E-state index contributed by atoms with van der Waals surface area (Å²) in [7, 11) is 0. The summed E-state index contributed by atoms with van der Waals surface area (Å²) in [5.74, 6) is -0.929. The monoisotopic (exact) mass is 643 g/mol. The third kappa shape index (κ3) is 45.0. The molecule has 0 aromatic heterocycles. The minimum absolute atomic E-state index is 0.103. The summed E-state index contributed by atoms with van der Waals surface area (Å²) >= 11 is 0. The molecule has 0 aliphatic heterocycles. The van der Waals surface area contributed by atoms with Crippen molar-refractivity contribution < 1.29 is 29.6 Å². The van der Waals surface area contributed by atoms with Crippen LogP contribution >= 0.6 is 0 Å². The molecule has 0 saturated carbocycles. The van der Waals surface area contributed by atoms with E-state index in [9.17, 15) is 9.59 Å². The van der Waals surface area contributed by atoms with Crippen molar-refractivity contribution in [2.75, 3.05) is 13.2 Å². The van der Waals surface area contributed by atoms with E-state index >= 15 is 0 Å². The Morgan fingerprint density at radius 2 is 0.733 bits per heavy atom. The molecule has 0 saturated heterocycles. The van der Waals surface area contributed by atoms with Crippen LogP contribution in [0.15, 0.2) is 0 Å². The van der Waals surface area contributed by atoms with Gasteiger partial charge in [-0.2, -0.15) is 0 Å². The van der Waals surface area contributed by atoms with Gasteiger partial charge in [0.05, 0.1) is 6.61 Å². The second-order valence-electron chi connectivity index (χ2n) is 13.3. The number of carbonyl (C=O) groups excluding carboxylic acids is 1. The van der Waals surface area contributed by atoms with Gasteiger partial charge in [-0.3, -0.25) is 9.59 Å². The number of aliphatic carboxylic acids is 1. The Kier molecular flexibility index (Phi) is 41.8. The van der Waals surface area contributed by atoms with E-state index in [1.165, 1.54) is 167 Å². The van der Waals surface area contributed by atoms with Gasteiger partial charge in [0.15, 0.2) is 0 Å². The van der Waals surface area contributed by atoms with Crippen LogP contribution in [-0.4, -0.2) is 46.6 Å². The molecular weight excluding hydrogens is 564 g/mol. The Morgan fingerprint density at radius 1 is 0.467 bits per heavy atom. The number of aliphatic hydroxyl groups is 2. The van der Waals surface area contributed by atoms with Gasteiger partial charge in [-0.25, -0.2) is 0 Å². The highest BCUT2D eigenvalue weighted by atomic mass is 16.5. The SMILES string of the molecule is CCCCCCCCCCCCCCCCCC(=O)O.CCCCCCCCCCCCCCCCCC(=O)OCC(O)CO. The topological polar surface area (TPSA) is 104 Å². The lowest BCUT2D eigenvalue weighted by Gasteiger charge is -2.08. The second kappa shape index (κ2) is 40.9. The number of carboxylic acids is 1. The number of unbranched alkanes of at least 4 members (excludes halogenated alkanes) is 28. The van der Waals surface area contributed by atoms with Crippen molar-refractivity contribution in [3.05, 3.63) is 0 Å². The van der Waals surface area contributed by atoms with Crippen LogP contribution in [0.5, 0.6) is 0 Å². The number of aliphatic hydroxyl groups excluding tert-OH is 2. The number of carbonyl (C=O) groups is 2. The van der Waals surface area contributed by atoms with Crippen LogP contribution in [0.2, 0.25) is 0 Å². The minimum atomic E-state index is -0.954. The molecule has 0 aliphatic carbocycles. The van der Waals surface area contributed by atoms with Gasteiger partial charge >= 0.3 is 11.9 Å². The van der Waals surface area contributed by atoms with Crippen LogP contribution in [-0.2, 0) is 14.3 Å². The van der Waals surface area contributed by atoms with Gasteiger partial charge in [0.1, 0.15) is 12.7 Å². The van der Waals surface area contributed by atoms with Crippen molar-refractivity contribution in [3.63, 3.8) is 0 Å². The van der Waals surface area contributed by atoms with E-state index in [0.29, 0.717) is 12.8 Å². The molecule has 0 fully saturated rings. The largest absolute Gasteiger partial charge is 0.481 e. The van der Waals surface area contributed by atoms with E-state index in [-0.39, 0.29) is 19.2 Å². The molecule has 0 aromatic rings. The number of esters is 1. The molecule has 0 heterocycles. The molecule has 3 N–H and O–H groups in total. The van der Waals surface area contributed by atoms with Gasteiger partial charge in [-0.05, 0) is 12.8 Å². The first kappa shape index (κ1) is 46.0. The van der Waals surface area contributed by atoms with E-state index in [1.54, 1.807) is 0 Å². The molecule has 0 bridgehead atoms. The number of carboxylic acid groups (broad SMARTS) is 1. The fourth-order valence-corrected chi connectivity index (χ4v) is 5.60. The van der Waals surface area contributed by atoms with Crippen LogP contribution in [0.1, 0.15) is 219 Å². The first-order chi connectivity index (χ1) is 22.0. The van der Waals surface area contributed by atoms with Gasteiger partial charge in [0.25, 0.3) is 0 Å². The third-order valence-corrected chi connectivity index (χ3v) is 8.63. The Bertz CT molecular complexity index is 582. The van der Waals surface area contributed by atoms with Crippen molar-refractivity contribution in [1.29, 1.82) is 0 Å². The van der Waals surface area contributed by atoms with Crippen molar-refractivity contribution in [3.8, 4) is 0 Å². The number of hydrogen-bond acceptors (Lipinski definition) is 5. The van der Waals surface area contributed by atoms with Crippen LogP contribution in [0.3, 0.4) is 0 Å². The molecule has 6 nitrogen and oxygen atoms in total. The van der Waals surface area contributed by atoms with Crippen molar-refractivity contribution in [2.24, 2.45) is 0 Å². The van der Waals surface area contributed by atoms with E-state index in [4.69, 9.17) is 20.1 Å². The number of rotatable bonds is 35. The lowest BCUT2D eigenvalue weighted by Crippen LogP contribution is -2.21. The van der Waals surface area contributed by atoms with Crippen molar-refractivity contribution in [1.82, 2.24) is 0 Å². The van der Waals surface area contributed by atoms with E-state index < -0.39 is 12.1 Å². The lowest BCUT2D eigenvalue weighted by molar-refractivity contribution is -0.147. The van der Waals surface area contributed by atoms with Crippen LogP contribution in [0.4, 0.5) is 0 Å². The highest BCUT2D eigenvalue weighted by molar-refractivity contribution is 5.69. The molecular formula is C39H78O6. The van der Waals surface area contributed by atoms with Crippen LogP contribution in [0, 0.1) is 0 Å².